The Balaban J connectivity index is 1.91. The number of likely N-dealkylation sites (N-methyl/N-ethyl adjacent to an activating group) is 2. The third kappa shape index (κ3) is 4.93. The Morgan fingerprint density at radius 1 is 0.792 bits per heavy atom. The molecule has 1 atom stereocenters. The first-order valence-electron chi connectivity index (χ1n) is 9.14. The van der Waals surface area contributed by atoms with Gasteiger partial charge in [0.15, 0.2) is 0 Å². The zero-order chi connectivity index (χ0) is 17.3. The highest BCUT2D eigenvalue weighted by Crippen LogP contribution is 2.32. The van der Waals surface area contributed by atoms with Gasteiger partial charge in [0.05, 0.1) is 6.17 Å². The van der Waals surface area contributed by atoms with Gasteiger partial charge in [0.2, 0.25) is 0 Å². The lowest BCUT2D eigenvalue weighted by atomic mass is 9.75. The first kappa shape index (κ1) is 18.7. The van der Waals surface area contributed by atoms with Gasteiger partial charge in [0, 0.05) is 5.41 Å². The van der Waals surface area contributed by atoms with Crippen molar-refractivity contribution in [3.05, 3.63) is 71.8 Å². The Hall–Kier alpha value is -1.64. The molecule has 130 valence electrons. The lowest BCUT2D eigenvalue weighted by molar-refractivity contribution is 0.269. The fraction of sp³-hybridized carbons (Fsp3) is 0.455. The van der Waals surface area contributed by atoms with E-state index in [1.807, 2.05) is 14.1 Å². The molecular weight excluding hydrogens is 292 g/mol. The third-order valence-electron chi connectivity index (χ3n) is 5.15. The Morgan fingerprint density at radius 2 is 1.38 bits per heavy atom. The molecule has 0 aromatic heterocycles. The molecule has 0 radical (unpaired) electrons. The molecule has 0 spiro atoms. The molecule has 2 nitrogen and oxygen atoms in total. The Labute approximate surface area is 147 Å². The van der Waals surface area contributed by atoms with Gasteiger partial charge >= 0.3 is 0 Å². The van der Waals surface area contributed by atoms with E-state index < -0.39 is 0 Å². The maximum atomic E-state index is 3.45. The molecule has 0 fully saturated rings. The molecule has 0 saturated carbocycles. The maximum absolute atomic E-state index is 3.45. The maximum Gasteiger partial charge on any atom is 0.0663 e. The smallest absolute Gasteiger partial charge is 0.0663 e. The summed E-state index contributed by atoms with van der Waals surface area (Å²) in [7, 11) is 4.08. The number of aryl methyl sites for hydroxylation is 1. The van der Waals surface area contributed by atoms with Crippen LogP contribution in [0.4, 0.5) is 0 Å². The third-order valence-corrected chi connectivity index (χ3v) is 5.15. The largest absolute Gasteiger partial charge is 0.304 e. The van der Waals surface area contributed by atoms with Crippen LogP contribution < -0.4 is 10.6 Å². The summed E-state index contributed by atoms with van der Waals surface area (Å²) in [4.78, 5) is 0. The molecule has 0 heterocycles. The number of hydrogen-bond donors (Lipinski definition) is 2. The molecule has 0 bridgehead atoms. The summed E-state index contributed by atoms with van der Waals surface area (Å²) in [5, 5.41) is 6.89. The van der Waals surface area contributed by atoms with Gasteiger partial charge in [-0.05, 0) is 44.5 Å². The van der Waals surface area contributed by atoms with Crippen LogP contribution in [0.1, 0.15) is 43.7 Å². The first-order chi connectivity index (χ1) is 11.7. The molecule has 2 aromatic rings. The second kappa shape index (κ2) is 9.61. The van der Waals surface area contributed by atoms with E-state index in [9.17, 15) is 0 Å². The van der Waals surface area contributed by atoms with Crippen molar-refractivity contribution in [2.45, 2.75) is 50.6 Å². The van der Waals surface area contributed by atoms with E-state index in [4.69, 9.17) is 0 Å². The van der Waals surface area contributed by atoms with Crippen molar-refractivity contribution in [2.24, 2.45) is 0 Å². The molecule has 1 unspecified atom stereocenters. The van der Waals surface area contributed by atoms with Crippen molar-refractivity contribution >= 4 is 0 Å². The summed E-state index contributed by atoms with van der Waals surface area (Å²) < 4.78 is 0. The summed E-state index contributed by atoms with van der Waals surface area (Å²) >= 11 is 0. The van der Waals surface area contributed by atoms with Crippen molar-refractivity contribution in [2.75, 3.05) is 14.1 Å². The van der Waals surface area contributed by atoms with Crippen LogP contribution in [-0.2, 0) is 11.8 Å². The minimum atomic E-state index is 0.0947. The van der Waals surface area contributed by atoms with Crippen LogP contribution in [0, 0.1) is 0 Å². The fourth-order valence-electron chi connectivity index (χ4n) is 3.70. The molecule has 0 aliphatic heterocycles. The SMILES string of the molecule is CNC(NC)C(C)(CCCCCc1ccccc1)c1ccccc1. The van der Waals surface area contributed by atoms with Crippen LogP contribution in [0.3, 0.4) is 0 Å². The van der Waals surface area contributed by atoms with Crippen LogP contribution in [0.5, 0.6) is 0 Å². The minimum absolute atomic E-state index is 0.0947. The number of rotatable bonds is 10. The second-order valence-corrected chi connectivity index (χ2v) is 6.84. The van der Waals surface area contributed by atoms with Gasteiger partial charge in [0.1, 0.15) is 0 Å². The van der Waals surface area contributed by atoms with E-state index in [1.165, 1.54) is 43.2 Å². The van der Waals surface area contributed by atoms with Crippen molar-refractivity contribution in [3.8, 4) is 0 Å². The first-order valence-corrected chi connectivity index (χ1v) is 9.14. The Morgan fingerprint density at radius 3 is 1.96 bits per heavy atom. The highest BCUT2D eigenvalue weighted by molar-refractivity contribution is 5.26. The lowest BCUT2D eigenvalue weighted by Gasteiger charge is -2.38. The number of hydrogen-bond acceptors (Lipinski definition) is 2. The van der Waals surface area contributed by atoms with Gasteiger partial charge < -0.3 is 10.6 Å². The molecule has 24 heavy (non-hydrogen) atoms. The van der Waals surface area contributed by atoms with E-state index in [1.54, 1.807) is 0 Å². The van der Waals surface area contributed by atoms with E-state index in [0.717, 1.165) is 0 Å². The molecule has 0 aliphatic carbocycles. The molecule has 2 N–H and O–H groups in total. The lowest BCUT2D eigenvalue weighted by Crippen LogP contribution is -2.53. The molecule has 2 rings (SSSR count). The van der Waals surface area contributed by atoms with Crippen LogP contribution in [0.15, 0.2) is 60.7 Å². The van der Waals surface area contributed by atoms with Crippen LogP contribution in [0.25, 0.3) is 0 Å². The van der Waals surface area contributed by atoms with Crippen molar-refractivity contribution in [1.82, 2.24) is 10.6 Å². The van der Waals surface area contributed by atoms with Gasteiger partial charge in [-0.25, -0.2) is 0 Å². The fourth-order valence-corrected chi connectivity index (χ4v) is 3.70. The van der Waals surface area contributed by atoms with Crippen molar-refractivity contribution in [3.63, 3.8) is 0 Å². The summed E-state index contributed by atoms with van der Waals surface area (Å²) in [6, 6.07) is 21.7. The standard InChI is InChI=1S/C22H32N2/c1-22(21(23-2)24-3,20-16-10-5-11-17-20)18-12-6-9-15-19-13-7-4-8-14-19/h4-5,7-8,10-11,13-14,16-17,21,23-24H,6,9,12,15,18H2,1-3H3. The topological polar surface area (TPSA) is 24.1 Å². The van der Waals surface area contributed by atoms with Gasteiger partial charge in [-0.2, -0.15) is 0 Å². The van der Waals surface area contributed by atoms with E-state index in [-0.39, 0.29) is 11.6 Å². The second-order valence-electron chi connectivity index (χ2n) is 6.84. The molecule has 0 saturated heterocycles. The average molecular weight is 325 g/mol. The van der Waals surface area contributed by atoms with Gasteiger partial charge in [-0.15, -0.1) is 0 Å². The molecule has 0 aliphatic rings. The predicted octanol–water partition coefficient (Wildman–Crippen LogP) is 4.51. The average Bonchev–Trinajstić information content (AvgIpc) is 2.64. The van der Waals surface area contributed by atoms with Crippen LogP contribution in [0.2, 0.25) is 0 Å². The van der Waals surface area contributed by atoms with E-state index >= 15 is 0 Å². The van der Waals surface area contributed by atoms with Crippen molar-refractivity contribution < 1.29 is 0 Å². The summed E-state index contributed by atoms with van der Waals surface area (Å²) in [5.74, 6) is 0. The predicted molar refractivity (Wildman–Crippen MR) is 104 cm³/mol. The van der Waals surface area contributed by atoms with Gasteiger partial charge in [-0.1, -0.05) is 80.4 Å². The summed E-state index contributed by atoms with van der Waals surface area (Å²) in [6.45, 7) is 2.37. The van der Waals surface area contributed by atoms with E-state index in [0.29, 0.717) is 0 Å². The Kier molecular flexibility index (Phi) is 7.48. The number of benzene rings is 2. The minimum Gasteiger partial charge on any atom is -0.304 e. The van der Waals surface area contributed by atoms with Crippen LogP contribution >= 0.6 is 0 Å². The molecular formula is C22H32N2. The zero-order valence-electron chi connectivity index (χ0n) is 15.4. The van der Waals surface area contributed by atoms with Gasteiger partial charge in [0.25, 0.3) is 0 Å². The quantitative estimate of drug-likeness (QED) is 0.496. The van der Waals surface area contributed by atoms with Crippen molar-refractivity contribution in [1.29, 1.82) is 0 Å². The summed E-state index contributed by atoms with van der Waals surface area (Å²) in [6.07, 6.45) is 6.42. The summed E-state index contributed by atoms with van der Waals surface area (Å²) in [5.41, 5.74) is 2.95. The number of unbranched alkanes of at least 4 members (excludes halogenated alkanes) is 2. The van der Waals surface area contributed by atoms with Crippen LogP contribution in [-0.4, -0.2) is 20.3 Å². The molecule has 2 aromatic carbocycles. The zero-order valence-corrected chi connectivity index (χ0v) is 15.4. The highest BCUT2D eigenvalue weighted by Gasteiger charge is 2.33. The number of nitrogens with one attached hydrogen (secondary N) is 2. The Bertz CT molecular complexity index is 563. The monoisotopic (exact) mass is 324 g/mol. The molecule has 0 amide bonds. The molecule has 2 heteroatoms. The highest BCUT2D eigenvalue weighted by atomic mass is 15.1. The van der Waals surface area contributed by atoms with Gasteiger partial charge in [-0.3, -0.25) is 0 Å². The van der Waals surface area contributed by atoms with E-state index in [2.05, 4.69) is 78.2 Å². The normalized spacial score (nSPS) is 13.8.